The van der Waals surface area contributed by atoms with Crippen molar-refractivity contribution in [1.29, 1.82) is 0 Å². The van der Waals surface area contributed by atoms with Crippen molar-refractivity contribution >= 4 is 5.97 Å². The van der Waals surface area contributed by atoms with Gasteiger partial charge in [0.25, 0.3) is 0 Å². The van der Waals surface area contributed by atoms with Crippen LogP contribution >= 0.6 is 0 Å². The molecule has 4 heteroatoms. The van der Waals surface area contributed by atoms with Crippen LogP contribution in [0.3, 0.4) is 0 Å². The quantitative estimate of drug-likeness (QED) is 0.727. The molecular weight excluding hydrogens is 216 g/mol. The Bertz CT molecular complexity index is 363. The highest BCUT2D eigenvalue weighted by atomic mass is 16.5. The van der Waals surface area contributed by atoms with Crippen LogP contribution in [-0.2, 0) is 16.0 Å². The van der Waals surface area contributed by atoms with Gasteiger partial charge >= 0.3 is 5.97 Å². The summed E-state index contributed by atoms with van der Waals surface area (Å²) in [5, 5.41) is 0. The maximum absolute atomic E-state index is 11.6. The third kappa shape index (κ3) is 3.53. The van der Waals surface area contributed by atoms with Gasteiger partial charge in [-0.25, -0.2) is 0 Å². The molecule has 94 valence electrons. The summed E-state index contributed by atoms with van der Waals surface area (Å²) in [6.45, 7) is 4.51. The first kappa shape index (κ1) is 13.6. The Balaban J connectivity index is 2.55. The highest BCUT2D eigenvalue weighted by Crippen LogP contribution is 2.14. The average molecular weight is 236 g/mol. The molecule has 0 atom stereocenters. The number of aromatic nitrogens is 1. The summed E-state index contributed by atoms with van der Waals surface area (Å²) in [5.41, 5.74) is 0.566. The molecule has 0 N–H and O–H groups in total. The minimum Gasteiger partial charge on any atom is -0.468 e. The predicted octanol–water partition coefficient (Wildman–Crippen LogP) is 1.51. The summed E-state index contributed by atoms with van der Waals surface area (Å²) in [6, 6.07) is 3.95. The molecule has 4 nitrogen and oxygen atoms in total. The van der Waals surface area contributed by atoms with E-state index in [9.17, 15) is 4.79 Å². The van der Waals surface area contributed by atoms with Gasteiger partial charge in [-0.15, -0.1) is 0 Å². The molecule has 0 saturated carbocycles. The van der Waals surface area contributed by atoms with Crippen LogP contribution in [0.25, 0.3) is 0 Å². The van der Waals surface area contributed by atoms with E-state index in [1.807, 2.05) is 44.1 Å². The largest absolute Gasteiger partial charge is 0.468 e. The van der Waals surface area contributed by atoms with Gasteiger partial charge in [-0.1, -0.05) is 6.07 Å². The van der Waals surface area contributed by atoms with Crippen LogP contribution in [0.15, 0.2) is 24.5 Å². The van der Waals surface area contributed by atoms with Crippen LogP contribution in [0.5, 0.6) is 0 Å². The molecule has 0 aliphatic carbocycles. The summed E-state index contributed by atoms with van der Waals surface area (Å²) < 4.78 is 4.80. The van der Waals surface area contributed by atoms with Crippen molar-refractivity contribution in [2.24, 2.45) is 0 Å². The van der Waals surface area contributed by atoms with Crippen LogP contribution in [0.2, 0.25) is 0 Å². The molecule has 1 rings (SSSR count). The second-order valence-electron chi connectivity index (χ2n) is 4.58. The highest BCUT2D eigenvalue weighted by molar-refractivity contribution is 5.79. The summed E-state index contributed by atoms with van der Waals surface area (Å²) in [7, 11) is 3.34. The second kappa shape index (κ2) is 5.77. The van der Waals surface area contributed by atoms with Gasteiger partial charge in [-0.3, -0.25) is 14.7 Å². The van der Waals surface area contributed by atoms with E-state index < -0.39 is 5.54 Å². The Hall–Kier alpha value is -1.42. The van der Waals surface area contributed by atoms with Gasteiger partial charge in [0, 0.05) is 18.9 Å². The highest BCUT2D eigenvalue weighted by Gasteiger charge is 2.32. The first-order valence-electron chi connectivity index (χ1n) is 5.67. The third-order valence-electron chi connectivity index (χ3n) is 3.10. The lowest BCUT2D eigenvalue weighted by Gasteiger charge is -2.32. The summed E-state index contributed by atoms with van der Waals surface area (Å²) >= 11 is 0. The Labute approximate surface area is 103 Å². The Kier molecular flexibility index (Phi) is 4.63. The molecule has 1 heterocycles. The van der Waals surface area contributed by atoms with Crippen LogP contribution in [0.1, 0.15) is 19.4 Å². The first-order valence-corrected chi connectivity index (χ1v) is 5.67. The van der Waals surface area contributed by atoms with Gasteiger partial charge in [0.1, 0.15) is 5.54 Å². The Morgan fingerprint density at radius 1 is 1.53 bits per heavy atom. The zero-order valence-electron chi connectivity index (χ0n) is 10.9. The molecule has 0 amide bonds. The zero-order chi connectivity index (χ0) is 12.9. The predicted molar refractivity (Wildman–Crippen MR) is 66.7 cm³/mol. The zero-order valence-corrected chi connectivity index (χ0v) is 10.9. The van der Waals surface area contributed by atoms with Gasteiger partial charge in [0.05, 0.1) is 7.11 Å². The SMILES string of the molecule is COC(=O)C(C)(C)N(C)CCc1cccnc1. The smallest absolute Gasteiger partial charge is 0.325 e. The van der Waals surface area contributed by atoms with Gasteiger partial charge in [-0.2, -0.15) is 0 Å². The normalized spacial score (nSPS) is 11.6. The minimum atomic E-state index is -0.600. The first-order chi connectivity index (χ1) is 7.98. The maximum Gasteiger partial charge on any atom is 0.325 e. The van der Waals surface area contributed by atoms with Crippen molar-refractivity contribution in [2.45, 2.75) is 25.8 Å². The summed E-state index contributed by atoms with van der Waals surface area (Å²) in [4.78, 5) is 17.7. The van der Waals surface area contributed by atoms with Gasteiger partial charge in [-0.05, 0) is 38.9 Å². The van der Waals surface area contributed by atoms with E-state index in [1.165, 1.54) is 12.7 Å². The molecule has 17 heavy (non-hydrogen) atoms. The molecule has 1 aromatic rings. The molecule has 0 fully saturated rings. The molecule has 0 unspecified atom stereocenters. The lowest BCUT2D eigenvalue weighted by Crippen LogP contribution is -2.49. The van der Waals surface area contributed by atoms with Crippen LogP contribution < -0.4 is 0 Å². The number of esters is 1. The number of ether oxygens (including phenoxy) is 1. The van der Waals surface area contributed by atoms with Crippen molar-refractivity contribution in [2.75, 3.05) is 20.7 Å². The van der Waals surface area contributed by atoms with Gasteiger partial charge < -0.3 is 4.74 Å². The molecule has 0 aliphatic rings. The Morgan fingerprint density at radius 2 is 2.24 bits per heavy atom. The van der Waals surface area contributed by atoms with Crippen molar-refractivity contribution in [3.63, 3.8) is 0 Å². The van der Waals surface area contributed by atoms with E-state index in [0.29, 0.717) is 0 Å². The van der Waals surface area contributed by atoms with Gasteiger partial charge in [0.2, 0.25) is 0 Å². The van der Waals surface area contributed by atoms with Gasteiger partial charge in [0.15, 0.2) is 0 Å². The number of carbonyl (C=O) groups excluding carboxylic acids is 1. The van der Waals surface area contributed by atoms with Crippen molar-refractivity contribution in [1.82, 2.24) is 9.88 Å². The number of nitrogens with zero attached hydrogens (tertiary/aromatic N) is 2. The van der Waals surface area contributed by atoms with Crippen molar-refractivity contribution in [3.8, 4) is 0 Å². The van der Waals surface area contributed by atoms with E-state index in [-0.39, 0.29) is 5.97 Å². The summed E-state index contributed by atoms with van der Waals surface area (Å²) in [6.07, 6.45) is 4.47. The van der Waals surface area contributed by atoms with E-state index >= 15 is 0 Å². The number of carbonyl (C=O) groups is 1. The standard InChI is InChI=1S/C13H20N2O2/c1-13(2,12(16)17-4)15(3)9-7-11-6-5-8-14-10-11/h5-6,8,10H,7,9H2,1-4H3. The molecule has 0 saturated heterocycles. The molecule has 0 aromatic carbocycles. The molecule has 1 aromatic heterocycles. The maximum atomic E-state index is 11.6. The number of methoxy groups -OCH3 is 1. The molecule has 0 aliphatic heterocycles. The van der Waals surface area contributed by atoms with E-state index in [4.69, 9.17) is 4.74 Å². The van der Waals surface area contributed by atoms with Crippen LogP contribution in [0.4, 0.5) is 0 Å². The van der Waals surface area contributed by atoms with E-state index in [0.717, 1.165) is 13.0 Å². The monoisotopic (exact) mass is 236 g/mol. The fourth-order valence-electron chi connectivity index (χ4n) is 1.53. The van der Waals surface area contributed by atoms with Crippen LogP contribution in [0, 0.1) is 0 Å². The number of hydrogen-bond donors (Lipinski definition) is 0. The molecule has 0 radical (unpaired) electrons. The fourth-order valence-corrected chi connectivity index (χ4v) is 1.53. The third-order valence-corrected chi connectivity index (χ3v) is 3.10. The second-order valence-corrected chi connectivity index (χ2v) is 4.58. The van der Waals surface area contributed by atoms with Crippen molar-refractivity contribution in [3.05, 3.63) is 30.1 Å². The summed E-state index contributed by atoms with van der Waals surface area (Å²) in [5.74, 6) is -0.216. The lowest BCUT2D eigenvalue weighted by atomic mass is 10.0. The van der Waals surface area contributed by atoms with E-state index in [1.54, 1.807) is 6.20 Å². The number of likely N-dealkylation sites (N-methyl/N-ethyl adjacent to an activating group) is 1. The lowest BCUT2D eigenvalue weighted by molar-refractivity contribution is -0.152. The number of hydrogen-bond acceptors (Lipinski definition) is 4. The van der Waals surface area contributed by atoms with E-state index in [2.05, 4.69) is 4.98 Å². The number of rotatable bonds is 5. The average Bonchev–Trinajstić information content (AvgIpc) is 2.35. The minimum absolute atomic E-state index is 0.216. The molecular formula is C13H20N2O2. The van der Waals surface area contributed by atoms with Crippen LogP contribution in [-0.4, -0.2) is 42.1 Å². The molecule has 0 bridgehead atoms. The Morgan fingerprint density at radius 3 is 2.76 bits per heavy atom. The van der Waals surface area contributed by atoms with Crippen molar-refractivity contribution < 1.29 is 9.53 Å². The topological polar surface area (TPSA) is 42.4 Å². The molecule has 0 spiro atoms. The number of pyridine rings is 1. The fraction of sp³-hybridized carbons (Fsp3) is 0.538.